The molecule has 3 aromatic carbocycles. The summed E-state index contributed by atoms with van der Waals surface area (Å²) < 4.78 is 15.1. The standard InChI is InChI=1S/C28H23FN4O/c1-17-12-18(2)14-21(13-17)31-28(34)24-15-27(32-26-7-5-4-6-23(24)26)25-16-30-33(19(25)3)22-10-8-20(29)9-11-22/h4-16H,1-3H3,(H,31,34). The maximum Gasteiger partial charge on any atom is 0.256 e. The molecule has 168 valence electrons. The smallest absolute Gasteiger partial charge is 0.256 e. The van der Waals surface area contributed by atoms with E-state index >= 15 is 0 Å². The van der Waals surface area contributed by atoms with Crippen molar-refractivity contribution in [3.63, 3.8) is 0 Å². The first-order valence-electron chi connectivity index (χ1n) is 11.0. The molecule has 5 rings (SSSR count). The van der Waals surface area contributed by atoms with Gasteiger partial charge in [-0.3, -0.25) is 4.79 Å². The number of benzene rings is 3. The SMILES string of the molecule is Cc1cc(C)cc(NC(=O)c2cc(-c3cnn(-c4ccc(F)cc4)c3C)nc3ccccc23)c1. The summed E-state index contributed by atoms with van der Waals surface area (Å²) in [6, 6.07) is 21.5. The lowest BCUT2D eigenvalue weighted by Gasteiger charge is -2.12. The maximum atomic E-state index is 13.4. The van der Waals surface area contributed by atoms with Crippen LogP contribution in [-0.4, -0.2) is 20.7 Å². The first kappa shape index (κ1) is 21.5. The fourth-order valence-electron chi connectivity index (χ4n) is 4.25. The predicted molar refractivity (Wildman–Crippen MR) is 133 cm³/mol. The zero-order chi connectivity index (χ0) is 23.8. The Kier molecular flexibility index (Phi) is 5.42. The van der Waals surface area contributed by atoms with E-state index in [1.165, 1.54) is 12.1 Å². The van der Waals surface area contributed by atoms with E-state index in [0.717, 1.165) is 44.7 Å². The van der Waals surface area contributed by atoms with Crippen LogP contribution in [0, 0.1) is 26.6 Å². The van der Waals surface area contributed by atoms with Crippen molar-refractivity contribution in [1.29, 1.82) is 0 Å². The molecule has 0 bridgehead atoms. The number of hydrogen-bond acceptors (Lipinski definition) is 3. The number of carbonyl (C=O) groups excluding carboxylic acids is 1. The molecule has 0 radical (unpaired) electrons. The molecule has 5 nitrogen and oxygen atoms in total. The fourth-order valence-corrected chi connectivity index (χ4v) is 4.25. The minimum absolute atomic E-state index is 0.201. The molecular formula is C28H23FN4O. The zero-order valence-corrected chi connectivity index (χ0v) is 19.1. The molecular weight excluding hydrogens is 427 g/mol. The largest absolute Gasteiger partial charge is 0.322 e. The number of fused-ring (bicyclic) bond motifs is 1. The van der Waals surface area contributed by atoms with Crippen LogP contribution in [0.3, 0.4) is 0 Å². The van der Waals surface area contributed by atoms with Crippen LogP contribution in [0.4, 0.5) is 10.1 Å². The molecule has 2 aromatic heterocycles. The number of rotatable bonds is 4. The number of nitrogens with zero attached hydrogens (tertiary/aromatic N) is 3. The molecule has 0 fully saturated rings. The van der Waals surface area contributed by atoms with Crippen LogP contribution in [0.15, 0.2) is 79.0 Å². The van der Waals surface area contributed by atoms with E-state index in [0.29, 0.717) is 11.3 Å². The molecule has 0 aliphatic heterocycles. The van der Waals surface area contributed by atoms with Gasteiger partial charge in [0.05, 0.1) is 34.4 Å². The highest BCUT2D eigenvalue weighted by molar-refractivity contribution is 6.13. The second kappa shape index (κ2) is 8.56. The Bertz CT molecular complexity index is 1520. The van der Waals surface area contributed by atoms with Gasteiger partial charge in [-0.2, -0.15) is 5.10 Å². The van der Waals surface area contributed by atoms with Gasteiger partial charge in [0, 0.05) is 16.6 Å². The van der Waals surface area contributed by atoms with Gasteiger partial charge in [-0.25, -0.2) is 14.1 Å². The molecule has 0 saturated carbocycles. The minimum atomic E-state index is -0.301. The van der Waals surface area contributed by atoms with E-state index in [2.05, 4.69) is 16.5 Å². The van der Waals surface area contributed by atoms with E-state index in [9.17, 15) is 9.18 Å². The Balaban J connectivity index is 1.59. The molecule has 0 aliphatic rings. The Hall–Kier alpha value is -4.32. The third kappa shape index (κ3) is 4.06. The van der Waals surface area contributed by atoms with Gasteiger partial charge in [-0.15, -0.1) is 0 Å². The topological polar surface area (TPSA) is 59.8 Å². The minimum Gasteiger partial charge on any atom is -0.322 e. The average molecular weight is 451 g/mol. The number of aromatic nitrogens is 3. The Labute approximate surface area is 196 Å². The Morgan fingerprint density at radius 1 is 0.912 bits per heavy atom. The van der Waals surface area contributed by atoms with Crippen molar-refractivity contribution in [3.05, 3.63) is 107 Å². The summed E-state index contributed by atoms with van der Waals surface area (Å²) in [7, 11) is 0. The normalized spacial score (nSPS) is 11.1. The zero-order valence-electron chi connectivity index (χ0n) is 19.1. The molecule has 2 heterocycles. The number of carbonyl (C=O) groups is 1. The van der Waals surface area contributed by atoms with Gasteiger partial charge in [0.2, 0.25) is 0 Å². The Morgan fingerprint density at radius 3 is 2.35 bits per heavy atom. The lowest BCUT2D eigenvalue weighted by molar-refractivity contribution is 0.102. The summed E-state index contributed by atoms with van der Waals surface area (Å²) in [5.41, 5.74) is 7.22. The molecule has 1 N–H and O–H groups in total. The molecule has 0 unspecified atom stereocenters. The summed E-state index contributed by atoms with van der Waals surface area (Å²) in [6.07, 6.45) is 1.72. The Morgan fingerprint density at radius 2 is 1.62 bits per heavy atom. The van der Waals surface area contributed by atoms with E-state index in [1.54, 1.807) is 29.1 Å². The molecule has 0 aliphatic carbocycles. The molecule has 6 heteroatoms. The predicted octanol–water partition coefficient (Wildman–Crippen LogP) is 6.40. The first-order valence-corrected chi connectivity index (χ1v) is 11.0. The van der Waals surface area contributed by atoms with Gasteiger partial charge in [-0.05, 0) is 80.4 Å². The summed E-state index contributed by atoms with van der Waals surface area (Å²) in [6.45, 7) is 5.94. The summed E-state index contributed by atoms with van der Waals surface area (Å²) >= 11 is 0. The maximum absolute atomic E-state index is 13.4. The van der Waals surface area contributed by atoms with Crippen LogP contribution in [0.2, 0.25) is 0 Å². The van der Waals surface area contributed by atoms with Crippen molar-refractivity contribution in [3.8, 4) is 16.9 Å². The van der Waals surface area contributed by atoms with Crippen LogP contribution < -0.4 is 5.32 Å². The van der Waals surface area contributed by atoms with Gasteiger partial charge < -0.3 is 5.32 Å². The molecule has 0 atom stereocenters. The van der Waals surface area contributed by atoms with Crippen LogP contribution in [-0.2, 0) is 0 Å². The third-order valence-electron chi connectivity index (χ3n) is 5.80. The number of nitrogens with one attached hydrogen (secondary N) is 1. The molecule has 5 aromatic rings. The lowest BCUT2D eigenvalue weighted by Crippen LogP contribution is -2.13. The van der Waals surface area contributed by atoms with Gasteiger partial charge in [-0.1, -0.05) is 24.3 Å². The number of para-hydroxylation sites is 1. The van der Waals surface area contributed by atoms with E-state index in [1.807, 2.05) is 57.2 Å². The van der Waals surface area contributed by atoms with Crippen molar-refractivity contribution in [2.45, 2.75) is 20.8 Å². The number of halogens is 1. The highest BCUT2D eigenvalue weighted by Gasteiger charge is 2.18. The van der Waals surface area contributed by atoms with Gasteiger partial charge in [0.1, 0.15) is 5.82 Å². The fraction of sp³-hybridized carbons (Fsp3) is 0.107. The van der Waals surface area contributed by atoms with E-state index in [4.69, 9.17) is 4.98 Å². The quantitative estimate of drug-likeness (QED) is 0.344. The average Bonchev–Trinajstić information content (AvgIpc) is 3.19. The monoisotopic (exact) mass is 450 g/mol. The lowest BCUT2D eigenvalue weighted by atomic mass is 10.0. The molecule has 34 heavy (non-hydrogen) atoms. The third-order valence-corrected chi connectivity index (χ3v) is 5.80. The van der Waals surface area contributed by atoms with Crippen molar-refractivity contribution in [1.82, 2.24) is 14.8 Å². The summed E-state index contributed by atoms with van der Waals surface area (Å²) in [4.78, 5) is 18.2. The van der Waals surface area contributed by atoms with Gasteiger partial charge >= 0.3 is 0 Å². The number of hydrogen-bond donors (Lipinski definition) is 1. The molecule has 0 saturated heterocycles. The second-order valence-electron chi connectivity index (χ2n) is 8.43. The van der Waals surface area contributed by atoms with Crippen molar-refractivity contribution < 1.29 is 9.18 Å². The molecule has 0 spiro atoms. The van der Waals surface area contributed by atoms with Crippen LogP contribution in [0.5, 0.6) is 0 Å². The molecule has 1 amide bonds. The highest BCUT2D eigenvalue weighted by atomic mass is 19.1. The van der Waals surface area contributed by atoms with Gasteiger partial charge in [0.25, 0.3) is 5.91 Å². The number of aryl methyl sites for hydroxylation is 2. The number of pyridine rings is 1. The highest BCUT2D eigenvalue weighted by Crippen LogP contribution is 2.29. The summed E-state index contributed by atoms with van der Waals surface area (Å²) in [5.74, 6) is -0.502. The number of amides is 1. The van der Waals surface area contributed by atoms with Crippen molar-refractivity contribution in [2.24, 2.45) is 0 Å². The number of anilines is 1. The second-order valence-corrected chi connectivity index (χ2v) is 8.43. The van der Waals surface area contributed by atoms with Crippen LogP contribution >= 0.6 is 0 Å². The van der Waals surface area contributed by atoms with Crippen LogP contribution in [0.25, 0.3) is 27.8 Å². The summed E-state index contributed by atoms with van der Waals surface area (Å²) in [5, 5.41) is 8.30. The van der Waals surface area contributed by atoms with Crippen molar-refractivity contribution in [2.75, 3.05) is 5.32 Å². The first-order chi connectivity index (χ1) is 16.4. The van der Waals surface area contributed by atoms with Crippen molar-refractivity contribution >= 4 is 22.5 Å². The van der Waals surface area contributed by atoms with Gasteiger partial charge in [0.15, 0.2) is 0 Å². The van der Waals surface area contributed by atoms with E-state index < -0.39 is 0 Å². The van der Waals surface area contributed by atoms with E-state index in [-0.39, 0.29) is 11.7 Å². The van der Waals surface area contributed by atoms with Crippen LogP contribution in [0.1, 0.15) is 27.2 Å².